The summed E-state index contributed by atoms with van der Waals surface area (Å²) < 4.78 is 1.35. The van der Waals surface area contributed by atoms with Gasteiger partial charge in [-0.05, 0) is 58.2 Å². The van der Waals surface area contributed by atoms with Gasteiger partial charge in [0.2, 0.25) is 0 Å². The highest BCUT2D eigenvalue weighted by Crippen LogP contribution is 2.25. The summed E-state index contributed by atoms with van der Waals surface area (Å²) in [5, 5.41) is 2.63. The van der Waals surface area contributed by atoms with Crippen molar-refractivity contribution in [2.24, 2.45) is 0 Å². The summed E-state index contributed by atoms with van der Waals surface area (Å²) in [6.07, 6.45) is 9.70. The van der Waals surface area contributed by atoms with Gasteiger partial charge in [0, 0.05) is 9.99 Å². The van der Waals surface area contributed by atoms with E-state index in [4.69, 9.17) is 6.42 Å². The van der Waals surface area contributed by atoms with Gasteiger partial charge in [0.05, 0.1) is 0 Å². The summed E-state index contributed by atoms with van der Waals surface area (Å²) in [5.41, 5.74) is 1.38. The summed E-state index contributed by atoms with van der Waals surface area (Å²) in [7, 11) is 0. The van der Waals surface area contributed by atoms with Crippen LogP contribution >= 0.6 is 22.6 Å². The largest absolute Gasteiger partial charge is 0.0891 e. The highest BCUT2D eigenvalue weighted by atomic mass is 127. The molecule has 0 aromatic heterocycles. The van der Waals surface area contributed by atoms with Crippen molar-refractivity contribution in [1.29, 1.82) is 0 Å². The first-order chi connectivity index (χ1) is 7.83. The van der Waals surface area contributed by atoms with Gasteiger partial charge in [-0.3, -0.25) is 0 Å². The van der Waals surface area contributed by atoms with Crippen LogP contribution in [-0.4, -0.2) is 0 Å². The zero-order chi connectivity index (χ0) is 11.4. The summed E-state index contributed by atoms with van der Waals surface area (Å²) in [5.74, 6) is 2.44. The van der Waals surface area contributed by atoms with Crippen molar-refractivity contribution in [3.05, 3.63) is 52.0 Å². The van der Waals surface area contributed by atoms with Gasteiger partial charge in [-0.1, -0.05) is 42.3 Å². The van der Waals surface area contributed by atoms with Crippen LogP contribution in [0.3, 0.4) is 0 Å². The molecule has 0 bridgehead atoms. The minimum Gasteiger partial charge on any atom is -0.0891 e. The average molecular weight is 319 g/mol. The normalized spacial score (nSPS) is 10.2. The quantitative estimate of drug-likeness (QED) is 0.448. The Morgan fingerprint density at radius 3 is 2.75 bits per heavy atom. The fourth-order valence-electron chi connectivity index (χ4n) is 1.84. The van der Waals surface area contributed by atoms with Crippen molar-refractivity contribution in [1.82, 2.24) is 0 Å². The van der Waals surface area contributed by atoms with E-state index in [2.05, 4.69) is 64.9 Å². The third-order valence-electron chi connectivity index (χ3n) is 2.69. The molecule has 0 aliphatic heterocycles. The lowest BCUT2D eigenvalue weighted by Crippen LogP contribution is -1.90. The first-order valence-corrected chi connectivity index (χ1v) is 6.46. The Balaban J connectivity index is 2.34. The van der Waals surface area contributed by atoms with Crippen LogP contribution in [0, 0.1) is 15.9 Å². The molecular weight excluding hydrogens is 307 g/mol. The first-order valence-electron chi connectivity index (χ1n) is 5.38. The second-order valence-corrected chi connectivity index (χ2v) is 4.87. The summed E-state index contributed by atoms with van der Waals surface area (Å²) in [6, 6.07) is 12.9. The zero-order valence-electron chi connectivity index (χ0n) is 8.96. The molecule has 0 aliphatic rings. The third kappa shape index (κ3) is 2.38. The van der Waals surface area contributed by atoms with Gasteiger partial charge in [0.1, 0.15) is 0 Å². The number of fused-ring (bicyclic) bond motifs is 1. The molecule has 0 saturated carbocycles. The molecule has 0 aliphatic carbocycles. The molecule has 0 fully saturated rings. The SMILES string of the molecule is [C]#CCCCc1ccc2ccccc2c1I. The van der Waals surface area contributed by atoms with Crippen LogP contribution in [-0.2, 0) is 6.42 Å². The minimum atomic E-state index is 0.753. The molecule has 2 rings (SSSR count). The standard InChI is InChI=1S/C15H12I/c1-2-3-4-8-13-11-10-12-7-5-6-9-14(12)15(13)16/h5-7,9-11H,3-4,8H2. The van der Waals surface area contributed by atoms with E-state index in [9.17, 15) is 0 Å². The lowest BCUT2D eigenvalue weighted by Gasteiger charge is -2.07. The maximum atomic E-state index is 6.90. The van der Waals surface area contributed by atoms with Gasteiger partial charge in [-0.2, -0.15) is 0 Å². The molecular formula is C15H12I. The van der Waals surface area contributed by atoms with Gasteiger partial charge >= 0.3 is 0 Å². The molecule has 79 valence electrons. The predicted molar refractivity (Wildman–Crippen MR) is 76.7 cm³/mol. The lowest BCUT2D eigenvalue weighted by atomic mass is 10.0. The molecule has 1 heteroatoms. The Labute approximate surface area is 110 Å². The zero-order valence-corrected chi connectivity index (χ0v) is 11.1. The number of hydrogen-bond donors (Lipinski definition) is 0. The van der Waals surface area contributed by atoms with Crippen LogP contribution in [0.2, 0.25) is 0 Å². The minimum absolute atomic E-state index is 0.753. The van der Waals surface area contributed by atoms with Gasteiger partial charge in [0.25, 0.3) is 0 Å². The molecule has 0 N–H and O–H groups in total. The van der Waals surface area contributed by atoms with E-state index in [0.29, 0.717) is 0 Å². The molecule has 0 saturated heterocycles. The van der Waals surface area contributed by atoms with E-state index in [1.807, 2.05) is 0 Å². The van der Waals surface area contributed by atoms with Crippen molar-refractivity contribution in [2.45, 2.75) is 19.3 Å². The van der Waals surface area contributed by atoms with Crippen molar-refractivity contribution >= 4 is 33.4 Å². The fourth-order valence-corrected chi connectivity index (χ4v) is 2.78. The first kappa shape index (κ1) is 11.5. The molecule has 0 nitrogen and oxygen atoms in total. The van der Waals surface area contributed by atoms with Crippen LogP contribution in [0.4, 0.5) is 0 Å². The van der Waals surface area contributed by atoms with Gasteiger partial charge in [0.15, 0.2) is 0 Å². The van der Waals surface area contributed by atoms with Gasteiger partial charge in [-0.15, -0.1) is 0 Å². The van der Waals surface area contributed by atoms with E-state index < -0.39 is 0 Å². The third-order valence-corrected chi connectivity index (χ3v) is 3.97. The van der Waals surface area contributed by atoms with Crippen molar-refractivity contribution in [3.63, 3.8) is 0 Å². The molecule has 0 heterocycles. The second-order valence-electron chi connectivity index (χ2n) is 3.79. The van der Waals surface area contributed by atoms with Crippen LogP contribution in [0.15, 0.2) is 36.4 Å². The van der Waals surface area contributed by atoms with Crippen molar-refractivity contribution in [2.75, 3.05) is 0 Å². The molecule has 16 heavy (non-hydrogen) atoms. The van der Waals surface area contributed by atoms with Crippen molar-refractivity contribution in [3.8, 4) is 5.92 Å². The Kier molecular flexibility index (Phi) is 3.84. The van der Waals surface area contributed by atoms with E-state index >= 15 is 0 Å². The van der Waals surface area contributed by atoms with Gasteiger partial charge in [-0.25, -0.2) is 0 Å². The highest BCUT2D eigenvalue weighted by molar-refractivity contribution is 14.1. The summed E-state index contributed by atoms with van der Waals surface area (Å²) >= 11 is 2.42. The average Bonchev–Trinajstić information content (AvgIpc) is 2.33. The molecule has 0 atom stereocenters. The van der Waals surface area contributed by atoms with E-state index in [1.165, 1.54) is 19.9 Å². The smallest absolute Gasteiger partial charge is 0.0240 e. The lowest BCUT2D eigenvalue weighted by molar-refractivity contribution is 0.855. The molecule has 2 aromatic rings. The number of benzene rings is 2. The summed E-state index contributed by atoms with van der Waals surface area (Å²) in [4.78, 5) is 0. The topological polar surface area (TPSA) is 0 Å². The summed E-state index contributed by atoms with van der Waals surface area (Å²) in [6.45, 7) is 0. The molecule has 2 aromatic carbocycles. The van der Waals surface area contributed by atoms with Gasteiger partial charge < -0.3 is 0 Å². The number of hydrogen-bond acceptors (Lipinski definition) is 0. The molecule has 0 unspecified atom stereocenters. The van der Waals surface area contributed by atoms with Crippen LogP contribution in [0.5, 0.6) is 0 Å². The predicted octanol–water partition coefficient (Wildman–Crippen LogP) is 4.36. The molecule has 0 spiro atoms. The number of halogens is 1. The van der Waals surface area contributed by atoms with Crippen molar-refractivity contribution < 1.29 is 0 Å². The number of rotatable bonds is 3. The monoisotopic (exact) mass is 319 g/mol. The Morgan fingerprint density at radius 2 is 1.94 bits per heavy atom. The van der Waals surface area contributed by atoms with E-state index in [-0.39, 0.29) is 0 Å². The maximum Gasteiger partial charge on any atom is 0.0240 e. The molecule has 0 amide bonds. The highest BCUT2D eigenvalue weighted by Gasteiger charge is 2.03. The second kappa shape index (κ2) is 5.36. The molecule has 1 radical (unpaired) electrons. The maximum absolute atomic E-state index is 6.90. The van der Waals surface area contributed by atoms with E-state index in [0.717, 1.165) is 19.3 Å². The number of aryl methyl sites for hydroxylation is 1. The van der Waals surface area contributed by atoms with Crippen LogP contribution in [0.1, 0.15) is 18.4 Å². The van der Waals surface area contributed by atoms with Crippen LogP contribution in [0.25, 0.3) is 10.8 Å². The van der Waals surface area contributed by atoms with E-state index in [1.54, 1.807) is 0 Å². The van der Waals surface area contributed by atoms with Crippen LogP contribution < -0.4 is 0 Å². The fraction of sp³-hybridized carbons (Fsp3) is 0.200. The Hall–Kier alpha value is -1.01. The Morgan fingerprint density at radius 1 is 1.12 bits per heavy atom. The number of unbranched alkanes of at least 4 members (excludes halogenated alkanes) is 1. The Bertz CT molecular complexity index is 535.